The van der Waals surface area contributed by atoms with Crippen LogP contribution >= 0.6 is 11.6 Å². The molecule has 4 heteroatoms. The third-order valence-electron chi connectivity index (χ3n) is 2.90. The zero-order valence-corrected chi connectivity index (χ0v) is 12.1. The van der Waals surface area contributed by atoms with Crippen LogP contribution in [-0.4, -0.2) is 12.0 Å². The van der Waals surface area contributed by atoms with Gasteiger partial charge in [-0.1, -0.05) is 23.7 Å². The fraction of sp³-hybridized carbons (Fsp3) is 0.267. The Morgan fingerprint density at radius 1 is 1.21 bits per heavy atom. The van der Waals surface area contributed by atoms with E-state index in [0.29, 0.717) is 10.9 Å². The topological polar surface area (TPSA) is 34.1 Å². The van der Waals surface area contributed by atoms with E-state index in [4.69, 9.17) is 16.3 Å². The molecular formula is C15H17ClN2O. The minimum atomic E-state index is 0.586. The first kappa shape index (κ1) is 13.8. The van der Waals surface area contributed by atoms with Gasteiger partial charge in [-0.3, -0.25) is 0 Å². The molecule has 0 fully saturated rings. The quantitative estimate of drug-likeness (QED) is 0.921. The van der Waals surface area contributed by atoms with Crippen molar-refractivity contribution in [3.63, 3.8) is 0 Å². The van der Waals surface area contributed by atoms with E-state index in [9.17, 15) is 0 Å². The van der Waals surface area contributed by atoms with E-state index in [1.54, 1.807) is 6.07 Å². The summed E-state index contributed by atoms with van der Waals surface area (Å²) < 4.78 is 5.79. The van der Waals surface area contributed by atoms with Crippen molar-refractivity contribution in [2.45, 2.75) is 20.4 Å². The maximum absolute atomic E-state index is 5.97. The number of rotatable bonds is 4. The second-order valence-corrected chi connectivity index (χ2v) is 4.87. The van der Waals surface area contributed by atoms with Gasteiger partial charge in [0.25, 0.3) is 0 Å². The van der Waals surface area contributed by atoms with Crippen molar-refractivity contribution < 1.29 is 4.74 Å². The molecule has 0 amide bonds. The Labute approximate surface area is 118 Å². The fourth-order valence-electron chi connectivity index (χ4n) is 1.80. The maximum atomic E-state index is 5.97. The number of aromatic nitrogens is 1. The zero-order chi connectivity index (χ0) is 13.8. The molecule has 0 atom stereocenters. The van der Waals surface area contributed by atoms with E-state index >= 15 is 0 Å². The molecule has 1 N–H and O–H groups in total. The van der Waals surface area contributed by atoms with Crippen LogP contribution in [-0.2, 0) is 6.54 Å². The highest BCUT2D eigenvalue weighted by molar-refractivity contribution is 6.30. The SMILES string of the molecule is CNCc1ccc(Oc2cc(Cl)ccc2C)nc1C. The molecule has 1 aromatic heterocycles. The Morgan fingerprint density at radius 3 is 2.68 bits per heavy atom. The molecule has 0 aliphatic heterocycles. The van der Waals surface area contributed by atoms with Crippen LogP contribution in [0.3, 0.4) is 0 Å². The minimum Gasteiger partial charge on any atom is -0.439 e. The molecule has 0 unspecified atom stereocenters. The first-order valence-corrected chi connectivity index (χ1v) is 6.53. The number of halogens is 1. The molecule has 1 heterocycles. The zero-order valence-electron chi connectivity index (χ0n) is 11.3. The molecule has 0 radical (unpaired) electrons. The van der Waals surface area contributed by atoms with Gasteiger partial charge in [-0.05, 0) is 44.2 Å². The highest BCUT2D eigenvalue weighted by Gasteiger charge is 2.06. The van der Waals surface area contributed by atoms with Crippen molar-refractivity contribution in [2.75, 3.05) is 7.05 Å². The number of aryl methyl sites for hydroxylation is 2. The normalized spacial score (nSPS) is 10.5. The van der Waals surface area contributed by atoms with Crippen LogP contribution in [0.25, 0.3) is 0 Å². The summed E-state index contributed by atoms with van der Waals surface area (Å²) in [6.07, 6.45) is 0. The lowest BCUT2D eigenvalue weighted by Crippen LogP contribution is -2.07. The van der Waals surface area contributed by atoms with Crippen molar-refractivity contribution in [3.8, 4) is 11.6 Å². The van der Waals surface area contributed by atoms with Gasteiger partial charge in [0, 0.05) is 23.3 Å². The lowest BCUT2D eigenvalue weighted by molar-refractivity contribution is 0.457. The molecule has 3 nitrogen and oxygen atoms in total. The van der Waals surface area contributed by atoms with Gasteiger partial charge in [-0.2, -0.15) is 0 Å². The second kappa shape index (κ2) is 6.04. The highest BCUT2D eigenvalue weighted by atomic mass is 35.5. The van der Waals surface area contributed by atoms with E-state index in [2.05, 4.69) is 10.3 Å². The van der Waals surface area contributed by atoms with Crippen molar-refractivity contribution in [1.29, 1.82) is 0 Å². The van der Waals surface area contributed by atoms with Gasteiger partial charge >= 0.3 is 0 Å². The van der Waals surface area contributed by atoms with Crippen LogP contribution in [0, 0.1) is 13.8 Å². The van der Waals surface area contributed by atoms with Gasteiger partial charge < -0.3 is 10.1 Å². The average molecular weight is 277 g/mol. The summed E-state index contributed by atoms with van der Waals surface area (Å²) in [5, 5.41) is 3.77. The predicted molar refractivity (Wildman–Crippen MR) is 78.0 cm³/mol. The Balaban J connectivity index is 2.24. The molecule has 0 aliphatic rings. The number of hydrogen-bond donors (Lipinski definition) is 1. The lowest BCUT2D eigenvalue weighted by atomic mass is 10.2. The van der Waals surface area contributed by atoms with Gasteiger partial charge in [0.2, 0.25) is 5.88 Å². The molecule has 19 heavy (non-hydrogen) atoms. The highest BCUT2D eigenvalue weighted by Crippen LogP contribution is 2.27. The van der Waals surface area contributed by atoms with Crippen LogP contribution in [0.5, 0.6) is 11.6 Å². The standard InChI is InChI=1S/C15H17ClN2O/c1-10-4-6-13(16)8-14(10)19-15-7-5-12(9-17-3)11(2)18-15/h4-8,17H,9H2,1-3H3. The summed E-state index contributed by atoms with van der Waals surface area (Å²) in [6, 6.07) is 9.47. The monoisotopic (exact) mass is 276 g/mol. The van der Waals surface area contributed by atoms with E-state index in [1.165, 1.54) is 0 Å². The Morgan fingerprint density at radius 2 is 2.00 bits per heavy atom. The summed E-state index contributed by atoms with van der Waals surface area (Å²) in [5.41, 5.74) is 3.16. The Bertz CT molecular complexity index is 584. The molecule has 2 aromatic rings. The van der Waals surface area contributed by atoms with E-state index in [0.717, 1.165) is 29.1 Å². The second-order valence-electron chi connectivity index (χ2n) is 4.44. The van der Waals surface area contributed by atoms with E-state index in [-0.39, 0.29) is 0 Å². The van der Waals surface area contributed by atoms with Gasteiger partial charge in [-0.25, -0.2) is 4.98 Å². The van der Waals surface area contributed by atoms with E-state index < -0.39 is 0 Å². The molecule has 0 bridgehead atoms. The van der Waals surface area contributed by atoms with Crippen molar-refractivity contribution in [3.05, 3.63) is 52.2 Å². The minimum absolute atomic E-state index is 0.586. The van der Waals surface area contributed by atoms with Gasteiger partial charge in [0.05, 0.1) is 0 Å². The molecule has 0 spiro atoms. The van der Waals surface area contributed by atoms with Crippen LogP contribution in [0.2, 0.25) is 5.02 Å². The number of hydrogen-bond acceptors (Lipinski definition) is 3. The summed E-state index contributed by atoms with van der Waals surface area (Å²) in [4.78, 5) is 4.45. The molecular weight excluding hydrogens is 260 g/mol. The number of nitrogens with one attached hydrogen (secondary N) is 1. The molecule has 0 aliphatic carbocycles. The van der Waals surface area contributed by atoms with Crippen LogP contribution in [0.15, 0.2) is 30.3 Å². The molecule has 1 aromatic carbocycles. The van der Waals surface area contributed by atoms with Crippen molar-refractivity contribution in [2.24, 2.45) is 0 Å². The predicted octanol–water partition coefficient (Wildman–Crippen LogP) is 3.86. The molecule has 0 saturated heterocycles. The average Bonchev–Trinajstić information content (AvgIpc) is 2.37. The van der Waals surface area contributed by atoms with E-state index in [1.807, 2.05) is 45.2 Å². The largest absolute Gasteiger partial charge is 0.439 e. The lowest BCUT2D eigenvalue weighted by Gasteiger charge is -2.10. The molecule has 100 valence electrons. The molecule has 0 saturated carbocycles. The summed E-state index contributed by atoms with van der Waals surface area (Å²) in [5.74, 6) is 1.32. The van der Waals surface area contributed by atoms with Gasteiger partial charge in [0.15, 0.2) is 0 Å². The smallest absolute Gasteiger partial charge is 0.219 e. The number of benzene rings is 1. The van der Waals surface area contributed by atoms with Crippen LogP contribution < -0.4 is 10.1 Å². The number of pyridine rings is 1. The first-order chi connectivity index (χ1) is 9.10. The van der Waals surface area contributed by atoms with Crippen molar-refractivity contribution in [1.82, 2.24) is 10.3 Å². The van der Waals surface area contributed by atoms with Crippen molar-refractivity contribution >= 4 is 11.6 Å². The first-order valence-electron chi connectivity index (χ1n) is 6.15. The Kier molecular flexibility index (Phi) is 4.40. The Hall–Kier alpha value is -1.58. The van der Waals surface area contributed by atoms with Gasteiger partial charge in [-0.15, -0.1) is 0 Å². The van der Waals surface area contributed by atoms with Gasteiger partial charge in [0.1, 0.15) is 5.75 Å². The summed E-state index contributed by atoms with van der Waals surface area (Å²) in [6.45, 7) is 4.76. The fourth-order valence-corrected chi connectivity index (χ4v) is 1.96. The third-order valence-corrected chi connectivity index (χ3v) is 3.14. The molecule has 2 rings (SSSR count). The van der Waals surface area contributed by atoms with Crippen LogP contribution in [0.1, 0.15) is 16.8 Å². The number of nitrogens with zero attached hydrogens (tertiary/aromatic N) is 1. The maximum Gasteiger partial charge on any atom is 0.219 e. The number of ether oxygens (including phenoxy) is 1. The summed E-state index contributed by atoms with van der Waals surface area (Å²) in [7, 11) is 1.92. The third kappa shape index (κ3) is 3.46. The summed E-state index contributed by atoms with van der Waals surface area (Å²) >= 11 is 5.97. The van der Waals surface area contributed by atoms with Crippen LogP contribution in [0.4, 0.5) is 0 Å².